The van der Waals surface area contributed by atoms with Gasteiger partial charge in [-0.25, -0.2) is 13.5 Å². The van der Waals surface area contributed by atoms with E-state index in [-0.39, 0.29) is 17.5 Å². The molecule has 0 saturated carbocycles. The molecule has 0 bridgehead atoms. The lowest BCUT2D eigenvalue weighted by Crippen LogP contribution is -2.22. The van der Waals surface area contributed by atoms with Crippen LogP contribution in [0, 0.1) is 11.6 Å². The summed E-state index contributed by atoms with van der Waals surface area (Å²) in [6, 6.07) is 11.8. The molecule has 8 heteroatoms. The molecule has 4 rings (SSSR count). The van der Waals surface area contributed by atoms with Gasteiger partial charge in [-0.15, -0.1) is 0 Å². The van der Waals surface area contributed by atoms with Crippen LogP contribution in [-0.4, -0.2) is 32.0 Å². The molecule has 0 unspecified atom stereocenters. The van der Waals surface area contributed by atoms with Gasteiger partial charge in [0.1, 0.15) is 16.0 Å². The van der Waals surface area contributed by atoms with E-state index in [9.17, 15) is 13.6 Å². The maximum atomic E-state index is 13.3. The van der Waals surface area contributed by atoms with Crippen molar-refractivity contribution in [1.29, 1.82) is 0 Å². The van der Waals surface area contributed by atoms with Gasteiger partial charge in [-0.1, -0.05) is 24.0 Å². The first-order valence-corrected chi connectivity index (χ1v) is 9.48. The van der Waals surface area contributed by atoms with Gasteiger partial charge in [-0.2, -0.15) is 5.10 Å². The highest BCUT2D eigenvalue weighted by atomic mass is 32.2. The van der Waals surface area contributed by atoms with Gasteiger partial charge in [0.15, 0.2) is 0 Å². The third kappa shape index (κ3) is 3.48. The fourth-order valence-corrected chi connectivity index (χ4v) is 3.91. The molecule has 0 atom stereocenters. The van der Waals surface area contributed by atoms with Crippen molar-refractivity contribution in [2.24, 2.45) is 0 Å². The van der Waals surface area contributed by atoms with Crippen LogP contribution < -0.4 is 0 Å². The predicted molar refractivity (Wildman–Crippen MR) is 110 cm³/mol. The first kappa shape index (κ1) is 18.5. The summed E-state index contributed by atoms with van der Waals surface area (Å²) in [5.41, 5.74) is 2.60. The number of halogens is 2. The van der Waals surface area contributed by atoms with Crippen molar-refractivity contribution >= 4 is 40.3 Å². The SMILES string of the molecule is CN1C(=O)/C(=C/c2cn(-c3ccc(F)cc3)nc2-c2ccc(F)cc2)SC1=S. The van der Waals surface area contributed by atoms with Crippen LogP contribution in [0.3, 0.4) is 0 Å². The van der Waals surface area contributed by atoms with E-state index >= 15 is 0 Å². The Morgan fingerprint density at radius 2 is 1.64 bits per heavy atom. The first-order chi connectivity index (χ1) is 13.4. The topological polar surface area (TPSA) is 38.1 Å². The number of thiocarbonyl (C=S) groups is 1. The van der Waals surface area contributed by atoms with Crippen LogP contribution in [0.5, 0.6) is 0 Å². The molecule has 0 radical (unpaired) electrons. The van der Waals surface area contributed by atoms with E-state index < -0.39 is 0 Å². The second kappa shape index (κ2) is 7.29. The summed E-state index contributed by atoms with van der Waals surface area (Å²) in [5.74, 6) is -0.883. The van der Waals surface area contributed by atoms with Crippen molar-refractivity contribution < 1.29 is 13.6 Å². The Labute approximate surface area is 169 Å². The standard InChI is InChI=1S/C20H13F2N3OS2/c1-24-19(26)17(28-20(24)27)10-13-11-25(16-8-6-15(22)7-9-16)23-18(13)12-2-4-14(21)5-3-12/h2-11H,1H3/b17-10-. The fraction of sp³-hybridized carbons (Fsp3) is 0.0500. The number of amides is 1. The zero-order valence-electron chi connectivity index (χ0n) is 14.6. The Bertz CT molecular complexity index is 1110. The second-order valence-corrected chi connectivity index (χ2v) is 7.78. The lowest BCUT2D eigenvalue weighted by Gasteiger charge is -2.03. The number of carbonyl (C=O) groups is 1. The molecule has 1 aliphatic rings. The predicted octanol–water partition coefficient (Wildman–Crippen LogP) is 4.65. The molecule has 28 heavy (non-hydrogen) atoms. The number of likely N-dealkylation sites (N-methyl/N-ethyl adjacent to an activating group) is 1. The summed E-state index contributed by atoms with van der Waals surface area (Å²) in [4.78, 5) is 14.2. The van der Waals surface area contributed by atoms with Gasteiger partial charge in [-0.3, -0.25) is 9.69 Å². The number of rotatable bonds is 3. The summed E-state index contributed by atoms with van der Waals surface area (Å²) < 4.78 is 28.7. The third-order valence-corrected chi connectivity index (χ3v) is 5.71. The van der Waals surface area contributed by atoms with Gasteiger partial charge < -0.3 is 0 Å². The number of hydrogen-bond acceptors (Lipinski definition) is 4. The molecule has 1 fully saturated rings. The highest BCUT2D eigenvalue weighted by Gasteiger charge is 2.29. The third-order valence-electron chi connectivity index (χ3n) is 4.22. The van der Waals surface area contributed by atoms with Crippen molar-refractivity contribution in [3.05, 3.63) is 76.8 Å². The molecule has 0 spiro atoms. The summed E-state index contributed by atoms with van der Waals surface area (Å²) in [7, 11) is 1.63. The number of nitrogens with zero attached hydrogens (tertiary/aromatic N) is 3. The van der Waals surface area contributed by atoms with Crippen LogP contribution in [0.1, 0.15) is 5.56 Å². The molecular formula is C20H13F2N3OS2. The van der Waals surface area contributed by atoms with Crippen LogP contribution >= 0.6 is 24.0 Å². The molecular weight excluding hydrogens is 400 g/mol. The molecule has 1 aromatic heterocycles. The lowest BCUT2D eigenvalue weighted by atomic mass is 10.1. The monoisotopic (exact) mass is 413 g/mol. The van der Waals surface area contributed by atoms with E-state index in [4.69, 9.17) is 12.2 Å². The maximum Gasteiger partial charge on any atom is 0.265 e. The van der Waals surface area contributed by atoms with Crippen molar-refractivity contribution in [2.45, 2.75) is 0 Å². The summed E-state index contributed by atoms with van der Waals surface area (Å²) >= 11 is 6.39. The number of thioether (sulfide) groups is 1. The average molecular weight is 413 g/mol. The Morgan fingerprint density at radius 3 is 2.21 bits per heavy atom. The highest BCUT2D eigenvalue weighted by molar-refractivity contribution is 8.26. The van der Waals surface area contributed by atoms with Crippen LogP contribution in [0.4, 0.5) is 8.78 Å². The van der Waals surface area contributed by atoms with Gasteiger partial charge >= 0.3 is 0 Å². The molecule has 1 saturated heterocycles. The lowest BCUT2D eigenvalue weighted by molar-refractivity contribution is -0.121. The van der Waals surface area contributed by atoms with E-state index in [0.29, 0.717) is 31.7 Å². The van der Waals surface area contributed by atoms with Crippen molar-refractivity contribution in [1.82, 2.24) is 14.7 Å². The van der Waals surface area contributed by atoms with Crippen LogP contribution in [0.15, 0.2) is 59.6 Å². The number of carbonyl (C=O) groups excluding carboxylic acids is 1. The van der Waals surface area contributed by atoms with Crippen LogP contribution in [-0.2, 0) is 4.79 Å². The summed E-state index contributed by atoms with van der Waals surface area (Å²) in [5, 5.41) is 4.58. The zero-order valence-corrected chi connectivity index (χ0v) is 16.2. The van der Waals surface area contributed by atoms with Gasteiger partial charge in [0.2, 0.25) is 0 Å². The molecule has 0 aliphatic carbocycles. The van der Waals surface area contributed by atoms with Crippen molar-refractivity contribution in [3.8, 4) is 16.9 Å². The van der Waals surface area contributed by atoms with E-state index in [1.165, 1.54) is 40.9 Å². The van der Waals surface area contributed by atoms with E-state index in [1.54, 1.807) is 48.3 Å². The largest absolute Gasteiger partial charge is 0.296 e. The molecule has 3 aromatic rings. The minimum atomic E-state index is -0.352. The van der Waals surface area contributed by atoms with E-state index in [2.05, 4.69) is 5.10 Å². The average Bonchev–Trinajstić information content (AvgIpc) is 3.20. The quantitative estimate of drug-likeness (QED) is 0.463. The minimum Gasteiger partial charge on any atom is -0.296 e. The molecule has 2 aromatic carbocycles. The van der Waals surface area contributed by atoms with E-state index in [0.717, 1.165) is 0 Å². The second-order valence-electron chi connectivity index (χ2n) is 6.10. The Kier molecular flexibility index (Phi) is 4.82. The number of hydrogen-bond donors (Lipinski definition) is 0. The summed E-state index contributed by atoms with van der Waals surface area (Å²) in [6.45, 7) is 0. The van der Waals surface area contributed by atoms with Crippen LogP contribution in [0.2, 0.25) is 0 Å². The van der Waals surface area contributed by atoms with Crippen molar-refractivity contribution in [2.75, 3.05) is 7.05 Å². The Morgan fingerprint density at radius 1 is 1.04 bits per heavy atom. The van der Waals surface area contributed by atoms with Gasteiger partial charge in [0, 0.05) is 24.4 Å². The summed E-state index contributed by atoms with van der Waals surface area (Å²) in [6.07, 6.45) is 3.46. The molecule has 1 amide bonds. The van der Waals surface area contributed by atoms with Crippen LogP contribution in [0.25, 0.3) is 23.0 Å². The van der Waals surface area contributed by atoms with Gasteiger partial charge in [0.25, 0.3) is 5.91 Å². The number of aromatic nitrogens is 2. The number of benzene rings is 2. The minimum absolute atomic E-state index is 0.186. The molecule has 1 aliphatic heterocycles. The Hall–Kier alpha value is -2.84. The highest BCUT2D eigenvalue weighted by Crippen LogP contribution is 2.34. The van der Waals surface area contributed by atoms with Gasteiger partial charge in [0.05, 0.1) is 16.3 Å². The zero-order chi connectivity index (χ0) is 19.8. The molecule has 4 nitrogen and oxygen atoms in total. The molecule has 2 heterocycles. The molecule has 0 N–H and O–H groups in total. The molecule has 140 valence electrons. The Balaban J connectivity index is 1.83. The van der Waals surface area contributed by atoms with E-state index in [1.807, 2.05) is 0 Å². The smallest absolute Gasteiger partial charge is 0.265 e. The normalized spacial score (nSPS) is 15.7. The fourth-order valence-electron chi connectivity index (χ4n) is 2.74. The maximum absolute atomic E-state index is 13.3. The first-order valence-electron chi connectivity index (χ1n) is 8.25. The van der Waals surface area contributed by atoms with Crippen molar-refractivity contribution in [3.63, 3.8) is 0 Å². The van der Waals surface area contributed by atoms with Gasteiger partial charge in [-0.05, 0) is 54.6 Å².